The van der Waals surface area contributed by atoms with E-state index in [2.05, 4.69) is 10.3 Å². The molecule has 1 aliphatic rings. The first kappa shape index (κ1) is 17.9. The van der Waals surface area contributed by atoms with Crippen molar-refractivity contribution < 1.29 is 9.00 Å². The molecule has 0 radical (unpaired) electrons. The Hall–Kier alpha value is -2.51. The van der Waals surface area contributed by atoms with E-state index < -0.39 is 11.0 Å². The van der Waals surface area contributed by atoms with E-state index in [0.29, 0.717) is 12.1 Å². The second-order valence-electron chi connectivity index (χ2n) is 6.68. The van der Waals surface area contributed by atoms with Crippen molar-refractivity contribution in [2.45, 2.75) is 30.7 Å². The lowest BCUT2D eigenvalue weighted by atomic mass is 10.2. The molecule has 1 aliphatic heterocycles. The first-order valence-corrected chi connectivity index (χ1v) is 10.3. The number of carbonyl (C=O) groups excluding carboxylic acids is 1. The van der Waals surface area contributed by atoms with Gasteiger partial charge in [-0.3, -0.25) is 4.79 Å². The van der Waals surface area contributed by atoms with E-state index in [4.69, 9.17) is 0 Å². The largest absolute Gasteiger partial charge is 0.348 e. The third-order valence-corrected chi connectivity index (χ3v) is 6.29. The number of rotatable bonds is 5. The number of nitrogens with zero attached hydrogens (tertiary/aromatic N) is 3. The van der Waals surface area contributed by atoms with Gasteiger partial charge in [-0.05, 0) is 42.7 Å². The van der Waals surface area contributed by atoms with Crippen molar-refractivity contribution >= 4 is 22.5 Å². The maximum Gasteiger partial charge on any atom is 0.253 e. The topological polar surface area (TPSA) is 66.7 Å². The highest BCUT2D eigenvalue weighted by Gasteiger charge is 2.17. The van der Waals surface area contributed by atoms with Crippen LogP contribution in [0.1, 0.15) is 35.2 Å². The minimum Gasteiger partial charge on any atom is -0.348 e. The fourth-order valence-electron chi connectivity index (χ4n) is 3.24. The molecule has 7 heteroatoms. The molecule has 1 fully saturated rings. The number of benzene rings is 1. The predicted molar refractivity (Wildman–Crippen MR) is 105 cm³/mol. The highest BCUT2D eigenvalue weighted by molar-refractivity contribution is 7.82. The number of nitrogens with one attached hydrogen (secondary N) is 1. The van der Waals surface area contributed by atoms with Crippen LogP contribution in [0.3, 0.4) is 0 Å². The van der Waals surface area contributed by atoms with Crippen molar-refractivity contribution in [3.8, 4) is 0 Å². The third-order valence-electron chi connectivity index (χ3n) is 4.78. The maximum absolute atomic E-state index is 12.6. The lowest BCUT2D eigenvalue weighted by Gasteiger charge is -2.25. The van der Waals surface area contributed by atoms with Gasteiger partial charge in [-0.15, -0.1) is 0 Å². The Morgan fingerprint density at radius 3 is 2.63 bits per heavy atom. The number of carbonyl (C=O) groups is 1. The van der Waals surface area contributed by atoms with Crippen LogP contribution >= 0.6 is 0 Å². The van der Waals surface area contributed by atoms with Gasteiger partial charge in [0.15, 0.2) is 0 Å². The van der Waals surface area contributed by atoms with Gasteiger partial charge in [0.2, 0.25) is 0 Å². The van der Waals surface area contributed by atoms with Gasteiger partial charge in [-0.1, -0.05) is 18.6 Å². The summed E-state index contributed by atoms with van der Waals surface area (Å²) in [4.78, 5) is 17.4. The number of piperidine rings is 1. The summed E-state index contributed by atoms with van der Waals surface area (Å²) >= 11 is 0. The average Bonchev–Trinajstić information content (AvgIpc) is 3.20. The molecular formula is C20H22N4O2S. The van der Waals surface area contributed by atoms with Crippen molar-refractivity contribution in [3.05, 3.63) is 66.1 Å². The molecule has 0 spiro atoms. The Balaban J connectivity index is 1.36. The summed E-state index contributed by atoms with van der Waals surface area (Å²) in [5.41, 5.74) is 2.37. The minimum absolute atomic E-state index is 0.133. The van der Waals surface area contributed by atoms with Crippen LogP contribution in [-0.4, -0.2) is 36.9 Å². The summed E-state index contributed by atoms with van der Waals surface area (Å²) in [5, 5.41) is 2.93. The van der Waals surface area contributed by atoms with E-state index in [0.717, 1.165) is 42.0 Å². The molecule has 140 valence electrons. The van der Waals surface area contributed by atoms with Crippen LogP contribution in [0.2, 0.25) is 0 Å². The van der Waals surface area contributed by atoms with Crippen molar-refractivity contribution in [3.63, 3.8) is 0 Å². The van der Waals surface area contributed by atoms with Crippen LogP contribution in [0.5, 0.6) is 0 Å². The molecule has 0 saturated carbocycles. The standard InChI is InChI=1S/C20H22N4O2S/c25-20(17-6-9-19-21-10-13-23(19)15-17)22-14-16-4-7-18(8-5-16)27(26)24-11-2-1-3-12-24/h4-10,13,15H,1-3,11-12,14H2,(H,22,25). The van der Waals surface area contributed by atoms with E-state index in [1.54, 1.807) is 18.5 Å². The van der Waals surface area contributed by atoms with Crippen LogP contribution in [0.4, 0.5) is 0 Å². The van der Waals surface area contributed by atoms with Crippen molar-refractivity contribution in [1.82, 2.24) is 19.0 Å². The van der Waals surface area contributed by atoms with E-state index in [1.165, 1.54) is 6.42 Å². The number of imidazole rings is 1. The monoisotopic (exact) mass is 382 g/mol. The fourth-order valence-corrected chi connectivity index (χ4v) is 4.50. The number of fused-ring (bicyclic) bond motifs is 1. The highest BCUT2D eigenvalue weighted by atomic mass is 32.2. The van der Waals surface area contributed by atoms with Crippen LogP contribution in [0.25, 0.3) is 5.65 Å². The second-order valence-corrected chi connectivity index (χ2v) is 8.16. The molecule has 2 aromatic heterocycles. The maximum atomic E-state index is 12.6. The molecule has 27 heavy (non-hydrogen) atoms. The first-order valence-electron chi connectivity index (χ1n) is 9.17. The molecule has 1 atom stereocenters. The molecule has 1 saturated heterocycles. The molecule has 1 aromatic carbocycles. The van der Waals surface area contributed by atoms with Gasteiger partial charge >= 0.3 is 0 Å². The summed E-state index contributed by atoms with van der Waals surface area (Å²) < 4.78 is 16.5. The van der Waals surface area contributed by atoms with Crippen LogP contribution in [-0.2, 0) is 17.5 Å². The van der Waals surface area contributed by atoms with Crippen LogP contribution in [0, 0.1) is 0 Å². The Morgan fingerprint density at radius 1 is 1.07 bits per heavy atom. The lowest BCUT2D eigenvalue weighted by molar-refractivity contribution is 0.0950. The predicted octanol–water partition coefficient (Wildman–Crippen LogP) is 2.77. The zero-order valence-corrected chi connectivity index (χ0v) is 15.8. The highest BCUT2D eigenvalue weighted by Crippen LogP contribution is 2.17. The third kappa shape index (κ3) is 4.09. The summed E-state index contributed by atoms with van der Waals surface area (Å²) in [6, 6.07) is 11.2. The van der Waals surface area contributed by atoms with Crippen molar-refractivity contribution in [2.75, 3.05) is 13.1 Å². The number of amides is 1. The van der Waals surface area contributed by atoms with Gasteiger partial charge in [0.05, 0.1) is 10.5 Å². The first-order chi connectivity index (χ1) is 13.2. The Bertz CT molecular complexity index is 962. The van der Waals surface area contributed by atoms with Gasteiger partial charge in [-0.25, -0.2) is 13.5 Å². The van der Waals surface area contributed by atoms with E-state index in [9.17, 15) is 9.00 Å². The summed E-state index contributed by atoms with van der Waals surface area (Å²) in [7, 11) is -1.09. The summed E-state index contributed by atoms with van der Waals surface area (Å²) in [6.45, 7) is 2.22. The average molecular weight is 382 g/mol. The fraction of sp³-hybridized carbons (Fsp3) is 0.300. The molecule has 4 rings (SSSR count). The molecule has 3 heterocycles. The van der Waals surface area contributed by atoms with Gasteiger partial charge < -0.3 is 9.72 Å². The number of hydrogen-bond donors (Lipinski definition) is 1. The summed E-state index contributed by atoms with van der Waals surface area (Å²) in [6.07, 6.45) is 8.73. The number of pyridine rings is 1. The van der Waals surface area contributed by atoms with E-state index in [-0.39, 0.29) is 5.91 Å². The molecule has 6 nitrogen and oxygen atoms in total. The van der Waals surface area contributed by atoms with E-state index >= 15 is 0 Å². The minimum atomic E-state index is -1.09. The number of hydrogen-bond acceptors (Lipinski definition) is 3. The lowest BCUT2D eigenvalue weighted by Crippen LogP contribution is -2.31. The number of aromatic nitrogens is 2. The molecule has 0 bridgehead atoms. The normalized spacial score (nSPS) is 16.3. The molecule has 3 aromatic rings. The molecule has 1 N–H and O–H groups in total. The zero-order valence-electron chi connectivity index (χ0n) is 15.0. The Labute approximate surface area is 160 Å². The van der Waals surface area contributed by atoms with E-state index in [1.807, 2.05) is 45.2 Å². The van der Waals surface area contributed by atoms with Crippen molar-refractivity contribution in [2.24, 2.45) is 0 Å². The Morgan fingerprint density at radius 2 is 1.85 bits per heavy atom. The smallest absolute Gasteiger partial charge is 0.253 e. The summed E-state index contributed by atoms with van der Waals surface area (Å²) in [5.74, 6) is -0.133. The molecular weight excluding hydrogens is 360 g/mol. The van der Waals surface area contributed by atoms with Gasteiger partial charge in [0.1, 0.15) is 16.6 Å². The molecule has 1 unspecified atom stereocenters. The Kier molecular flexibility index (Phi) is 5.31. The van der Waals surface area contributed by atoms with Gasteiger partial charge in [0, 0.05) is 38.2 Å². The van der Waals surface area contributed by atoms with Gasteiger partial charge in [-0.2, -0.15) is 0 Å². The SMILES string of the molecule is O=C(NCc1ccc(S(=O)N2CCCCC2)cc1)c1ccc2nccn2c1. The zero-order chi connectivity index (χ0) is 18.6. The van der Waals surface area contributed by atoms with Crippen molar-refractivity contribution in [1.29, 1.82) is 0 Å². The van der Waals surface area contributed by atoms with Crippen LogP contribution in [0.15, 0.2) is 59.9 Å². The second kappa shape index (κ2) is 8.02. The van der Waals surface area contributed by atoms with Crippen LogP contribution < -0.4 is 5.32 Å². The quantitative estimate of drug-likeness (QED) is 0.738. The molecule has 1 amide bonds. The molecule has 0 aliphatic carbocycles. The van der Waals surface area contributed by atoms with Gasteiger partial charge in [0.25, 0.3) is 5.91 Å².